The lowest BCUT2D eigenvalue weighted by atomic mass is 9.99. The summed E-state index contributed by atoms with van der Waals surface area (Å²) in [6.45, 7) is 8.30. The third-order valence-corrected chi connectivity index (χ3v) is 6.25. The molecule has 0 aliphatic heterocycles. The Hall–Kier alpha value is -2.92. The molecule has 0 unspecified atom stereocenters. The second kappa shape index (κ2) is 12.2. The first kappa shape index (κ1) is 26.7. The molecule has 3 aromatic rings. The lowest BCUT2D eigenvalue weighted by molar-refractivity contribution is -0.141. The van der Waals surface area contributed by atoms with Gasteiger partial charge < -0.3 is 10.2 Å². The minimum Gasteiger partial charge on any atom is -0.350 e. The molecule has 0 heterocycles. The van der Waals surface area contributed by atoms with Crippen LogP contribution in [0.3, 0.4) is 0 Å². The fraction of sp³-hybridized carbons (Fsp3) is 0.333. The molecule has 1 atom stereocenters. The van der Waals surface area contributed by atoms with E-state index in [4.69, 9.17) is 0 Å². The van der Waals surface area contributed by atoms with E-state index >= 15 is 0 Å². The van der Waals surface area contributed by atoms with Crippen LogP contribution in [0, 0.1) is 6.92 Å². The van der Waals surface area contributed by atoms with E-state index in [0.717, 1.165) is 21.2 Å². The van der Waals surface area contributed by atoms with Crippen LogP contribution in [0.15, 0.2) is 83.3 Å². The normalized spacial score (nSPS) is 12.1. The van der Waals surface area contributed by atoms with Gasteiger partial charge in [0, 0.05) is 29.4 Å². The predicted molar refractivity (Wildman–Crippen MR) is 146 cm³/mol. The summed E-state index contributed by atoms with van der Waals surface area (Å²) in [5, 5.41) is 3.11. The molecule has 5 heteroatoms. The molecule has 1 N–H and O–H groups in total. The number of aryl methyl sites for hydroxylation is 2. The molecule has 3 rings (SSSR count). The number of nitrogens with one attached hydrogen (secondary N) is 1. The summed E-state index contributed by atoms with van der Waals surface area (Å²) in [4.78, 5) is 29.0. The number of benzene rings is 3. The number of carbonyl (C=O) groups is 2. The highest BCUT2D eigenvalue weighted by Gasteiger charge is 2.32. The Morgan fingerprint density at radius 3 is 2.17 bits per heavy atom. The quantitative estimate of drug-likeness (QED) is 0.353. The van der Waals surface area contributed by atoms with Gasteiger partial charge in [-0.15, -0.1) is 0 Å². The van der Waals surface area contributed by atoms with E-state index in [1.165, 1.54) is 5.56 Å². The third kappa shape index (κ3) is 8.66. The van der Waals surface area contributed by atoms with Crippen molar-refractivity contribution in [3.63, 3.8) is 0 Å². The molecule has 0 bridgehead atoms. The molecule has 0 spiro atoms. The largest absolute Gasteiger partial charge is 0.350 e. The smallest absolute Gasteiger partial charge is 0.243 e. The molecule has 0 aliphatic carbocycles. The van der Waals surface area contributed by atoms with Crippen LogP contribution in [-0.2, 0) is 29.0 Å². The first-order valence-electron chi connectivity index (χ1n) is 12.1. The van der Waals surface area contributed by atoms with E-state index < -0.39 is 11.6 Å². The van der Waals surface area contributed by atoms with Gasteiger partial charge in [0.2, 0.25) is 11.8 Å². The van der Waals surface area contributed by atoms with Crippen molar-refractivity contribution in [1.82, 2.24) is 10.2 Å². The lowest BCUT2D eigenvalue weighted by Crippen LogP contribution is -2.54. The molecule has 0 saturated carbocycles. The molecule has 0 radical (unpaired) electrons. The zero-order valence-corrected chi connectivity index (χ0v) is 22.6. The summed E-state index contributed by atoms with van der Waals surface area (Å²) >= 11 is 3.53. The molecule has 0 saturated heterocycles. The van der Waals surface area contributed by atoms with E-state index in [2.05, 4.69) is 52.4 Å². The van der Waals surface area contributed by atoms with E-state index in [1.54, 1.807) is 4.90 Å². The topological polar surface area (TPSA) is 49.4 Å². The van der Waals surface area contributed by atoms with Gasteiger partial charge in [0.25, 0.3) is 0 Å². The van der Waals surface area contributed by atoms with Gasteiger partial charge in [-0.25, -0.2) is 0 Å². The number of nitrogens with zero attached hydrogens (tertiary/aromatic N) is 1. The van der Waals surface area contributed by atoms with Crippen LogP contribution in [0.5, 0.6) is 0 Å². The molecule has 0 aliphatic rings. The van der Waals surface area contributed by atoms with Crippen LogP contribution in [0.25, 0.3) is 0 Å². The highest BCUT2D eigenvalue weighted by atomic mass is 79.9. The van der Waals surface area contributed by atoms with Gasteiger partial charge in [-0.3, -0.25) is 9.59 Å². The van der Waals surface area contributed by atoms with Crippen LogP contribution < -0.4 is 5.32 Å². The Morgan fingerprint density at radius 1 is 0.886 bits per heavy atom. The molecular formula is C30H35BrN2O2. The van der Waals surface area contributed by atoms with E-state index in [9.17, 15) is 9.59 Å². The Labute approximate surface area is 217 Å². The highest BCUT2D eigenvalue weighted by molar-refractivity contribution is 9.10. The lowest BCUT2D eigenvalue weighted by Gasteiger charge is -2.34. The van der Waals surface area contributed by atoms with Gasteiger partial charge in [0.1, 0.15) is 6.04 Å². The number of carbonyl (C=O) groups excluding carboxylic acids is 2. The number of rotatable bonds is 9. The van der Waals surface area contributed by atoms with Crippen LogP contribution in [0.1, 0.15) is 49.4 Å². The number of hydrogen-bond acceptors (Lipinski definition) is 2. The summed E-state index contributed by atoms with van der Waals surface area (Å²) in [6, 6.07) is 25.4. The number of hydrogen-bond donors (Lipinski definition) is 1. The van der Waals surface area contributed by atoms with Gasteiger partial charge in [0.05, 0.1) is 0 Å². The van der Waals surface area contributed by atoms with Crippen molar-refractivity contribution in [3.05, 3.63) is 106 Å². The maximum atomic E-state index is 13.7. The monoisotopic (exact) mass is 534 g/mol. The molecule has 2 amide bonds. The Balaban J connectivity index is 1.92. The fourth-order valence-corrected chi connectivity index (χ4v) is 4.44. The molecule has 0 fully saturated rings. The van der Waals surface area contributed by atoms with Gasteiger partial charge >= 0.3 is 0 Å². The average molecular weight is 536 g/mol. The maximum absolute atomic E-state index is 13.7. The fourth-order valence-electron chi connectivity index (χ4n) is 3.99. The van der Waals surface area contributed by atoms with E-state index in [0.29, 0.717) is 25.8 Å². The number of halogens is 1. The predicted octanol–water partition coefficient (Wildman–Crippen LogP) is 6.24. The zero-order valence-electron chi connectivity index (χ0n) is 21.1. The summed E-state index contributed by atoms with van der Waals surface area (Å²) in [5.41, 5.74) is 3.90. The third-order valence-electron chi connectivity index (χ3n) is 5.76. The Kier molecular flexibility index (Phi) is 9.27. The van der Waals surface area contributed by atoms with Crippen LogP contribution in [-0.4, -0.2) is 28.3 Å². The molecule has 184 valence electrons. The van der Waals surface area contributed by atoms with Crippen molar-refractivity contribution in [2.75, 3.05) is 0 Å². The van der Waals surface area contributed by atoms with Crippen molar-refractivity contribution in [2.45, 2.75) is 65.1 Å². The van der Waals surface area contributed by atoms with Crippen molar-refractivity contribution in [1.29, 1.82) is 0 Å². The molecule has 0 aromatic heterocycles. The van der Waals surface area contributed by atoms with Crippen molar-refractivity contribution >= 4 is 27.7 Å². The Morgan fingerprint density at radius 2 is 1.54 bits per heavy atom. The van der Waals surface area contributed by atoms with E-state index in [-0.39, 0.29) is 11.8 Å². The first-order valence-corrected chi connectivity index (χ1v) is 12.9. The second-order valence-electron chi connectivity index (χ2n) is 10.1. The van der Waals surface area contributed by atoms with Crippen LogP contribution in [0.2, 0.25) is 0 Å². The molecular weight excluding hydrogens is 500 g/mol. The summed E-state index contributed by atoms with van der Waals surface area (Å²) < 4.78 is 0.945. The summed E-state index contributed by atoms with van der Waals surface area (Å²) in [7, 11) is 0. The van der Waals surface area contributed by atoms with Crippen molar-refractivity contribution in [2.24, 2.45) is 0 Å². The zero-order chi connectivity index (χ0) is 25.4. The average Bonchev–Trinajstić information content (AvgIpc) is 2.80. The highest BCUT2D eigenvalue weighted by Crippen LogP contribution is 2.20. The SMILES string of the molecule is Cc1ccc(CCC(=O)N(Cc2cccc(Br)c2)[C@H](Cc2ccccc2)C(=O)NC(C)(C)C)cc1. The molecule has 3 aromatic carbocycles. The second-order valence-corrected chi connectivity index (χ2v) is 11.0. The van der Waals surface area contributed by atoms with Crippen molar-refractivity contribution < 1.29 is 9.59 Å². The maximum Gasteiger partial charge on any atom is 0.243 e. The van der Waals surface area contributed by atoms with Gasteiger partial charge in [-0.2, -0.15) is 0 Å². The minimum atomic E-state index is -0.624. The molecule has 35 heavy (non-hydrogen) atoms. The van der Waals surface area contributed by atoms with Crippen LogP contribution >= 0.6 is 15.9 Å². The van der Waals surface area contributed by atoms with Crippen molar-refractivity contribution in [3.8, 4) is 0 Å². The van der Waals surface area contributed by atoms with Gasteiger partial charge in [-0.1, -0.05) is 88.2 Å². The summed E-state index contributed by atoms with van der Waals surface area (Å²) in [6.07, 6.45) is 1.42. The van der Waals surface area contributed by atoms with E-state index in [1.807, 2.05) is 75.4 Å². The number of amides is 2. The minimum absolute atomic E-state index is 0.0319. The van der Waals surface area contributed by atoms with Crippen LogP contribution in [0.4, 0.5) is 0 Å². The van der Waals surface area contributed by atoms with Gasteiger partial charge in [0.15, 0.2) is 0 Å². The summed E-state index contributed by atoms with van der Waals surface area (Å²) in [5.74, 6) is -0.171. The Bertz CT molecular complexity index is 1120. The molecule has 4 nitrogen and oxygen atoms in total. The standard InChI is InChI=1S/C30H35BrN2O2/c1-22-13-15-23(16-14-22)17-18-28(34)33(21-25-11-8-12-26(31)19-25)27(29(35)32-30(2,3)4)20-24-9-6-5-7-10-24/h5-16,19,27H,17-18,20-21H2,1-4H3,(H,32,35)/t27-/m1/s1. The first-order chi connectivity index (χ1) is 16.6. The van der Waals surface area contributed by atoms with Gasteiger partial charge in [-0.05, 0) is 62.9 Å².